The van der Waals surface area contributed by atoms with Crippen LogP contribution in [0, 0.1) is 0 Å². The summed E-state index contributed by atoms with van der Waals surface area (Å²) < 4.78 is 23.0. The van der Waals surface area contributed by atoms with Crippen molar-refractivity contribution in [3.63, 3.8) is 0 Å². The highest BCUT2D eigenvalue weighted by Crippen LogP contribution is 2.14. The van der Waals surface area contributed by atoms with Crippen LogP contribution < -0.4 is 0 Å². The van der Waals surface area contributed by atoms with E-state index in [4.69, 9.17) is 17.7 Å². The SMILES string of the molecule is C=CCCCO[Si](OCC)(OCCC)OCCC. The first-order valence-electron chi connectivity index (χ1n) is 6.91. The first-order chi connectivity index (χ1) is 8.74. The summed E-state index contributed by atoms with van der Waals surface area (Å²) in [5, 5.41) is 0. The predicted octanol–water partition coefficient (Wildman–Crippen LogP) is 3.29. The van der Waals surface area contributed by atoms with E-state index in [2.05, 4.69) is 20.4 Å². The van der Waals surface area contributed by atoms with E-state index >= 15 is 0 Å². The third-order valence-corrected chi connectivity index (χ3v) is 4.43. The summed E-state index contributed by atoms with van der Waals surface area (Å²) in [4.78, 5) is 0. The molecule has 0 radical (unpaired) electrons. The summed E-state index contributed by atoms with van der Waals surface area (Å²) in [6.45, 7) is 12.1. The lowest BCUT2D eigenvalue weighted by atomic mass is 10.3. The highest BCUT2D eigenvalue weighted by atomic mass is 28.4. The van der Waals surface area contributed by atoms with Gasteiger partial charge in [-0.05, 0) is 32.6 Å². The lowest BCUT2D eigenvalue weighted by molar-refractivity contribution is -0.0326. The third kappa shape index (κ3) is 8.00. The monoisotopic (exact) mass is 276 g/mol. The molecule has 4 nitrogen and oxygen atoms in total. The molecule has 0 heterocycles. The van der Waals surface area contributed by atoms with Crippen LogP contribution in [0.5, 0.6) is 0 Å². The van der Waals surface area contributed by atoms with Gasteiger partial charge < -0.3 is 17.7 Å². The fourth-order valence-corrected chi connectivity index (χ4v) is 3.46. The van der Waals surface area contributed by atoms with Crippen molar-refractivity contribution in [2.24, 2.45) is 0 Å². The molecular formula is C13H28O4Si. The zero-order valence-corrected chi connectivity index (χ0v) is 13.1. The minimum atomic E-state index is -2.92. The fraction of sp³-hybridized carbons (Fsp3) is 0.846. The first kappa shape index (κ1) is 17.8. The summed E-state index contributed by atoms with van der Waals surface area (Å²) in [5.74, 6) is 0. The molecule has 0 aromatic carbocycles. The first-order valence-corrected chi connectivity index (χ1v) is 8.54. The summed E-state index contributed by atoms with van der Waals surface area (Å²) >= 11 is 0. The van der Waals surface area contributed by atoms with Gasteiger partial charge in [-0.2, -0.15) is 0 Å². The quantitative estimate of drug-likeness (QED) is 0.294. The van der Waals surface area contributed by atoms with Gasteiger partial charge in [0.1, 0.15) is 0 Å². The van der Waals surface area contributed by atoms with Crippen LogP contribution in [0.3, 0.4) is 0 Å². The highest BCUT2D eigenvalue weighted by Gasteiger charge is 2.45. The molecule has 0 amide bonds. The summed E-state index contributed by atoms with van der Waals surface area (Å²) in [6.07, 6.45) is 5.57. The van der Waals surface area contributed by atoms with Gasteiger partial charge in [-0.1, -0.05) is 19.9 Å². The molecule has 0 saturated carbocycles. The van der Waals surface area contributed by atoms with Gasteiger partial charge in [0.2, 0.25) is 0 Å². The van der Waals surface area contributed by atoms with E-state index in [0.717, 1.165) is 25.7 Å². The molecule has 0 aromatic heterocycles. The maximum absolute atomic E-state index is 5.80. The van der Waals surface area contributed by atoms with E-state index in [1.165, 1.54) is 0 Å². The largest absolute Gasteiger partial charge is 0.679 e. The van der Waals surface area contributed by atoms with Crippen LogP contribution in [0.25, 0.3) is 0 Å². The zero-order valence-electron chi connectivity index (χ0n) is 12.1. The molecule has 0 unspecified atom stereocenters. The topological polar surface area (TPSA) is 36.9 Å². The van der Waals surface area contributed by atoms with E-state index in [0.29, 0.717) is 26.4 Å². The number of hydrogen-bond acceptors (Lipinski definition) is 4. The van der Waals surface area contributed by atoms with Crippen LogP contribution in [0.2, 0.25) is 0 Å². The number of rotatable bonds is 13. The summed E-state index contributed by atoms with van der Waals surface area (Å²) in [7, 11) is -2.92. The van der Waals surface area contributed by atoms with Gasteiger partial charge in [-0.15, -0.1) is 6.58 Å². The summed E-state index contributed by atoms with van der Waals surface area (Å²) in [5.41, 5.74) is 0. The second kappa shape index (κ2) is 11.9. The minimum Gasteiger partial charge on any atom is -0.351 e. The Morgan fingerprint density at radius 2 is 1.44 bits per heavy atom. The average molecular weight is 276 g/mol. The van der Waals surface area contributed by atoms with E-state index in [9.17, 15) is 0 Å². The fourth-order valence-electron chi connectivity index (χ4n) is 1.31. The summed E-state index contributed by atoms with van der Waals surface area (Å²) in [6, 6.07) is 0. The number of unbranched alkanes of at least 4 members (excludes halogenated alkanes) is 1. The number of allylic oxidation sites excluding steroid dienone is 1. The molecule has 0 aromatic rings. The maximum Gasteiger partial charge on any atom is 0.679 e. The van der Waals surface area contributed by atoms with Crippen LogP contribution in [0.4, 0.5) is 0 Å². The van der Waals surface area contributed by atoms with Crippen LogP contribution in [0.15, 0.2) is 12.7 Å². The molecular weight excluding hydrogens is 248 g/mol. The van der Waals surface area contributed by atoms with Crippen LogP contribution >= 0.6 is 0 Å². The minimum absolute atomic E-state index is 0.543. The van der Waals surface area contributed by atoms with Crippen LogP contribution in [-0.4, -0.2) is 35.5 Å². The lowest BCUT2D eigenvalue weighted by Gasteiger charge is -2.27. The van der Waals surface area contributed by atoms with E-state index in [-0.39, 0.29) is 0 Å². The predicted molar refractivity (Wildman–Crippen MR) is 75.2 cm³/mol. The smallest absolute Gasteiger partial charge is 0.351 e. The van der Waals surface area contributed by atoms with E-state index < -0.39 is 9.05 Å². The normalized spacial score (nSPS) is 11.7. The third-order valence-electron chi connectivity index (χ3n) is 2.12. The Morgan fingerprint density at radius 3 is 1.89 bits per heavy atom. The molecule has 5 heteroatoms. The second-order valence-electron chi connectivity index (χ2n) is 3.91. The zero-order chi connectivity index (χ0) is 13.7. The molecule has 0 saturated heterocycles. The molecule has 0 rings (SSSR count). The lowest BCUT2D eigenvalue weighted by Crippen LogP contribution is -2.49. The molecule has 0 fully saturated rings. The second-order valence-corrected chi connectivity index (χ2v) is 6.06. The van der Waals surface area contributed by atoms with Gasteiger partial charge in [-0.3, -0.25) is 0 Å². The Balaban J connectivity index is 4.33. The highest BCUT2D eigenvalue weighted by molar-refractivity contribution is 6.53. The van der Waals surface area contributed by atoms with Gasteiger partial charge in [0.05, 0.1) is 0 Å². The Kier molecular flexibility index (Phi) is 11.7. The molecule has 0 aliphatic carbocycles. The maximum atomic E-state index is 5.80. The van der Waals surface area contributed by atoms with E-state index in [1.54, 1.807) is 0 Å². The van der Waals surface area contributed by atoms with Crippen molar-refractivity contribution in [2.45, 2.75) is 46.5 Å². The van der Waals surface area contributed by atoms with Crippen LogP contribution in [-0.2, 0) is 17.7 Å². The molecule has 0 bridgehead atoms. The Labute approximate surface area is 113 Å². The molecule has 0 spiro atoms. The van der Waals surface area contributed by atoms with Crippen molar-refractivity contribution in [3.05, 3.63) is 12.7 Å². The van der Waals surface area contributed by atoms with Gasteiger partial charge >= 0.3 is 9.05 Å². The van der Waals surface area contributed by atoms with E-state index in [1.807, 2.05) is 13.0 Å². The number of hydrogen-bond donors (Lipinski definition) is 0. The molecule has 108 valence electrons. The van der Waals surface area contributed by atoms with Crippen molar-refractivity contribution < 1.29 is 17.7 Å². The Hall–Kier alpha value is -0.203. The Bertz CT molecular complexity index is 191. The van der Waals surface area contributed by atoms with Crippen molar-refractivity contribution in [3.8, 4) is 0 Å². The molecule has 0 aliphatic heterocycles. The van der Waals surface area contributed by atoms with Gasteiger partial charge in [0.25, 0.3) is 0 Å². The van der Waals surface area contributed by atoms with Gasteiger partial charge in [-0.25, -0.2) is 0 Å². The standard InChI is InChI=1S/C13H28O4Si/c1-5-9-10-13-17-18(14-8-4,15-11-6-2)16-12-7-3/h5H,1,6-13H2,2-4H3. The molecule has 0 N–H and O–H groups in total. The van der Waals surface area contributed by atoms with Gasteiger partial charge in [0, 0.05) is 26.4 Å². The van der Waals surface area contributed by atoms with Crippen molar-refractivity contribution >= 4 is 9.05 Å². The molecule has 18 heavy (non-hydrogen) atoms. The average Bonchev–Trinajstić information content (AvgIpc) is 2.39. The Morgan fingerprint density at radius 1 is 0.889 bits per heavy atom. The van der Waals surface area contributed by atoms with Crippen molar-refractivity contribution in [2.75, 3.05) is 26.4 Å². The van der Waals surface area contributed by atoms with Crippen LogP contribution in [0.1, 0.15) is 46.5 Å². The molecule has 0 aliphatic rings. The molecule has 0 atom stereocenters. The van der Waals surface area contributed by atoms with Gasteiger partial charge in [0.15, 0.2) is 0 Å². The van der Waals surface area contributed by atoms with Crippen molar-refractivity contribution in [1.29, 1.82) is 0 Å². The van der Waals surface area contributed by atoms with Crippen molar-refractivity contribution in [1.82, 2.24) is 0 Å².